The summed E-state index contributed by atoms with van der Waals surface area (Å²) < 4.78 is 0. The van der Waals surface area contributed by atoms with E-state index in [1.165, 1.54) is 25.7 Å². The Balaban J connectivity index is 1.39. The zero-order valence-electron chi connectivity index (χ0n) is 11.7. The van der Waals surface area contributed by atoms with Gasteiger partial charge in [0.1, 0.15) is 0 Å². The van der Waals surface area contributed by atoms with E-state index in [1.807, 2.05) is 0 Å². The molecule has 3 rings (SSSR count). The molecule has 4 atom stereocenters. The summed E-state index contributed by atoms with van der Waals surface area (Å²) in [5.41, 5.74) is 0. The minimum atomic E-state index is 0.0275. The first-order valence-electron chi connectivity index (χ1n) is 7.93. The molecule has 0 spiro atoms. The molecule has 0 aromatic carbocycles. The molecule has 2 saturated carbocycles. The van der Waals surface area contributed by atoms with Crippen LogP contribution in [-0.2, 0) is 0 Å². The number of nitrogens with one attached hydrogen (secondary N) is 1. The lowest BCUT2D eigenvalue weighted by Crippen LogP contribution is -2.44. The molecule has 108 valence electrons. The van der Waals surface area contributed by atoms with Crippen molar-refractivity contribution in [3.63, 3.8) is 0 Å². The van der Waals surface area contributed by atoms with Crippen molar-refractivity contribution in [3.05, 3.63) is 0 Å². The average Bonchev–Trinajstić information content (AvgIpc) is 3.14. The van der Waals surface area contributed by atoms with Gasteiger partial charge in [-0.3, -0.25) is 0 Å². The van der Waals surface area contributed by atoms with Gasteiger partial charge in [-0.2, -0.15) is 0 Å². The van der Waals surface area contributed by atoms with Gasteiger partial charge in [-0.05, 0) is 56.3 Å². The molecule has 0 radical (unpaired) electrons. The second-order valence-corrected chi connectivity index (χ2v) is 6.63. The van der Waals surface area contributed by atoms with Gasteiger partial charge in [0.05, 0.1) is 12.6 Å². The maximum atomic E-state index is 12.1. The highest BCUT2D eigenvalue weighted by Crippen LogP contribution is 2.49. The number of nitrogens with zero attached hydrogens (tertiary/aromatic N) is 1. The first kappa shape index (κ1) is 13.2. The molecule has 19 heavy (non-hydrogen) atoms. The topological polar surface area (TPSA) is 52.6 Å². The molecule has 2 N–H and O–H groups in total. The Bertz CT molecular complexity index is 334. The molecule has 1 aliphatic heterocycles. The summed E-state index contributed by atoms with van der Waals surface area (Å²) in [5.74, 6) is 2.79. The van der Waals surface area contributed by atoms with Crippen molar-refractivity contribution in [1.29, 1.82) is 0 Å². The molecule has 3 fully saturated rings. The number of rotatable bonds is 4. The van der Waals surface area contributed by atoms with Crippen molar-refractivity contribution < 1.29 is 9.90 Å². The smallest absolute Gasteiger partial charge is 0.317 e. The van der Waals surface area contributed by atoms with Crippen molar-refractivity contribution in [1.82, 2.24) is 10.2 Å². The zero-order chi connectivity index (χ0) is 13.2. The van der Waals surface area contributed by atoms with E-state index in [2.05, 4.69) is 5.32 Å². The van der Waals surface area contributed by atoms with Crippen molar-refractivity contribution in [2.45, 2.75) is 51.0 Å². The van der Waals surface area contributed by atoms with E-state index in [0.717, 1.165) is 50.1 Å². The minimum absolute atomic E-state index is 0.0275. The lowest BCUT2D eigenvalue weighted by molar-refractivity contribution is 0.156. The largest absolute Gasteiger partial charge is 0.394 e. The fraction of sp³-hybridized carbons (Fsp3) is 0.933. The van der Waals surface area contributed by atoms with E-state index >= 15 is 0 Å². The standard InChI is InChI=1S/C15H26N2O2/c18-10-14-2-1-7-17(14)15(19)16-6-5-13-9-11-3-4-12(13)8-11/h11-14,18H,1-10H2,(H,16,19). The molecule has 4 unspecified atom stereocenters. The second kappa shape index (κ2) is 5.70. The zero-order valence-corrected chi connectivity index (χ0v) is 11.7. The normalized spacial score (nSPS) is 37.0. The number of fused-ring (bicyclic) bond motifs is 2. The van der Waals surface area contributed by atoms with Gasteiger partial charge in [0.2, 0.25) is 0 Å². The van der Waals surface area contributed by atoms with E-state index < -0.39 is 0 Å². The minimum Gasteiger partial charge on any atom is -0.394 e. The van der Waals surface area contributed by atoms with Gasteiger partial charge in [-0.25, -0.2) is 4.79 Å². The quantitative estimate of drug-likeness (QED) is 0.817. The predicted molar refractivity (Wildman–Crippen MR) is 73.8 cm³/mol. The van der Waals surface area contributed by atoms with Crippen LogP contribution >= 0.6 is 0 Å². The maximum Gasteiger partial charge on any atom is 0.317 e. The monoisotopic (exact) mass is 266 g/mol. The van der Waals surface area contributed by atoms with E-state index in [4.69, 9.17) is 0 Å². The predicted octanol–water partition coefficient (Wildman–Crippen LogP) is 1.98. The third kappa shape index (κ3) is 2.73. The van der Waals surface area contributed by atoms with Crippen LogP contribution in [0.1, 0.15) is 44.9 Å². The van der Waals surface area contributed by atoms with Gasteiger partial charge >= 0.3 is 6.03 Å². The van der Waals surface area contributed by atoms with E-state index in [1.54, 1.807) is 4.90 Å². The number of likely N-dealkylation sites (tertiary alicyclic amines) is 1. The van der Waals surface area contributed by atoms with Crippen molar-refractivity contribution in [3.8, 4) is 0 Å². The summed E-state index contributed by atoms with van der Waals surface area (Å²) in [6.07, 6.45) is 8.80. The number of carbonyl (C=O) groups excluding carboxylic acids is 1. The maximum absolute atomic E-state index is 12.1. The third-order valence-corrected chi connectivity index (χ3v) is 5.52. The van der Waals surface area contributed by atoms with Crippen LogP contribution in [-0.4, -0.2) is 41.8 Å². The van der Waals surface area contributed by atoms with Gasteiger partial charge in [0, 0.05) is 13.1 Å². The molecule has 4 nitrogen and oxygen atoms in total. The van der Waals surface area contributed by atoms with E-state index in [-0.39, 0.29) is 18.7 Å². The molecule has 1 saturated heterocycles. The molecule has 4 heteroatoms. The summed E-state index contributed by atoms with van der Waals surface area (Å²) in [5, 5.41) is 12.3. The molecule has 0 aromatic rings. The molecule has 2 amide bonds. The fourth-order valence-corrected chi connectivity index (χ4v) is 4.49. The lowest BCUT2D eigenvalue weighted by Gasteiger charge is -2.25. The van der Waals surface area contributed by atoms with Gasteiger partial charge in [0.25, 0.3) is 0 Å². The summed E-state index contributed by atoms with van der Waals surface area (Å²) in [7, 11) is 0. The Morgan fingerprint density at radius 3 is 2.84 bits per heavy atom. The first-order valence-corrected chi connectivity index (χ1v) is 7.93. The Labute approximate surface area is 115 Å². The first-order chi connectivity index (χ1) is 9.28. The lowest BCUT2D eigenvalue weighted by atomic mass is 9.86. The van der Waals surface area contributed by atoms with Crippen LogP contribution in [0.25, 0.3) is 0 Å². The van der Waals surface area contributed by atoms with Crippen LogP contribution < -0.4 is 5.32 Å². The number of amides is 2. The molecule has 3 aliphatic rings. The van der Waals surface area contributed by atoms with Gasteiger partial charge in [-0.15, -0.1) is 0 Å². The SMILES string of the molecule is O=C(NCCC1CC2CCC1C2)N1CCCC1CO. The summed E-state index contributed by atoms with van der Waals surface area (Å²) in [6.45, 7) is 1.70. The number of urea groups is 1. The van der Waals surface area contributed by atoms with Crippen LogP contribution in [0.15, 0.2) is 0 Å². The van der Waals surface area contributed by atoms with Gasteiger partial charge in [0.15, 0.2) is 0 Å². The Kier molecular flexibility index (Phi) is 3.96. The number of hydrogen-bond acceptors (Lipinski definition) is 2. The van der Waals surface area contributed by atoms with Crippen LogP contribution in [0.4, 0.5) is 4.79 Å². The molecule has 0 aromatic heterocycles. The summed E-state index contributed by atoms with van der Waals surface area (Å²) in [4.78, 5) is 13.9. The molecular weight excluding hydrogens is 240 g/mol. The average molecular weight is 266 g/mol. The molecule has 1 heterocycles. The fourth-order valence-electron chi connectivity index (χ4n) is 4.49. The van der Waals surface area contributed by atoms with Crippen LogP contribution in [0.5, 0.6) is 0 Å². The van der Waals surface area contributed by atoms with E-state index in [9.17, 15) is 9.90 Å². The summed E-state index contributed by atoms with van der Waals surface area (Å²) >= 11 is 0. The highest BCUT2D eigenvalue weighted by Gasteiger charge is 2.39. The second-order valence-electron chi connectivity index (χ2n) is 6.63. The highest BCUT2D eigenvalue weighted by atomic mass is 16.3. The van der Waals surface area contributed by atoms with E-state index in [0.29, 0.717) is 0 Å². The molecule has 2 aliphatic carbocycles. The summed E-state index contributed by atoms with van der Waals surface area (Å²) in [6, 6.07) is 0.0715. The van der Waals surface area contributed by atoms with Crippen molar-refractivity contribution in [2.24, 2.45) is 17.8 Å². The van der Waals surface area contributed by atoms with Gasteiger partial charge in [-0.1, -0.05) is 6.42 Å². The Hall–Kier alpha value is -0.770. The number of hydrogen-bond donors (Lipinski definition) is 2. The Morgan fingerprint density at radius 2 is 2.16 bits per heavy atom. The van der Waals surface area contributed by atoms with Crippen LogP contribution in [0, 0.1) is 17.8 Å². The molecular formula is C15H26N2O2. The third-order valence-electron chi connectivity index (χ3n) is 5.52. The van der Waals surface area contributed by atoms with Crippen LogP contribution in [0.2, 0.25) is 0 Å². The van der Waals surface area contributed by atoms with Crippen molar-refractivity contribution >= 4 is 6.03 Å². The van der Waals surface area contributed by atoms with Crippen molar-refractivity contribution in [2.75, 3.05) is 19.7 Å². The van der Waals surface area contributed by atoms with Gasteiger partial charge < -0.3 is 15.3 Å². The highest BCUT2D eigenvalue weighted by molar-refractivity contribution is 5.74. The Morgan fingerprint density at radius 1 is 1.26 bits per heavy atom. The number of aliphatic hydroxyl groups excluding tert-OH is 1. The molecule has 2 bridgehead atoms. The van der Waals surface area contributed by atoms with Crippen LogP contribution in [0.3, 0.4) is 0 Å². The number of aliphatic hydroxyl groups is 1. The number of carbonyl (C=O) groups is 1.